The Morgan fingerprint density at radius 1 is 1.45 bits per heavy atom. The molecule has 0 amide bonds. The molecule has 0 spiro atoms. The van der Waals surface area contributed by atoms with Crippen molar-refractivity contribution in [3.05, 3.63) is 21.6 Å². The van der Waals surface area contributed by atoms with Gasteiger partial charge in [0.2, 0.25) is 0 Å². The first-order chi connectivity index (χ1) is 9.65. The minimum absolute atomic E-state index is 0.0876. The predicted octanol–water partition coefficient (Wildman–Crippen LogP) is 3.54. The fourth-order valence-corrected chi connectivity index (χ4v) is 2.69. The molecule has 1 fully saturated rings. The van der Waals surface area contributed by atoms with E-state index in [9.17, 15) is 4.79 Å². The molecule has 1 aromatic rings. The van der Waals surface area contributed by atoms with Crippen molar-refractivity contribution >= 4 is 17.3 Å². The third kappa shape index (κ3) is 3.54. The number of anilines is 1. The standard InChI is InChI=1S/C15H24ClN3O/c1-3-11(4-2)8-17-14-13(16)9-18-19(15(14)20)10-12-6-5-7-12/h9,11-12,17H,3-8,10H2,1-2H3. The van der Waals surface area contributed by atoms with Gasteiger partial charge in [-0.2, -0.15) is 5.10 Å². The average Bonchev–Trinajstić information content (AvgIpc) is 2.40. The Balaban J connectivity index is 2.10. The van der Waals surface area contributed by atoms with Gasteiger partial charge in [0.15, 0.2) is 0 Å². The van der Waals surface area contributed by atoms with Crippen LogP contribution < -0.4 is 10.9 Å². The predicted molar refractivity (Wildman–Crippen MR) is 83.4 cm³/mol. The van der Waals surface area contributed by atoms with E-state index >= 15 is 0 Å². The summed E-state index contributed by atoms with van der Waals surface area (Å²) in [7, 11) is 0. The van der Waals surface area contributed by atoms with Crippen LogP contribution in [0.15, 0.2) is 11.0 Å². The third-order valence-corrected chi connectivity index (χ3v) is 4.66. The van der Waals surface area contributed by atoms with E-state index in [0.29, 0.717) is 22.5 Å². The van der Waals surface area contributed by atoms with Crippen molar-refractivity contribution in [3.63, 3.8) is 0 Å². The Morgan fingerprint density at radius 2 is 2.15 bits per heavy atom. The van der Waals surface area contributed by atoms with E-state index in [4.69, 9.17) is 11.6 Å². The molecule has 4 nitrogen and oxygen atoms in total. The lowest BCUT2D eigenvalue weighted by molar-refractivity contribution is 0.262. The summed E-state index contributed by atoms with van der Waals surface area (Å²) in [5.74, 6) is 1.17. The van der Waals surface area contributed by atoms with Gasteiger partial charge in [-0.25, -0.2) is 4.68 Å². The summed E-state index contributed by atoms with van der Waals surface area (Å²) in [6.45, 7) is 5.84. The molecule has 20 heavy (non-hydrogen) atoms. The van der Waals surface area contributed by atoms with Gasteiger partial charge < -0.3 is 5.32 Å². The largest absolute Gasteiger partial charge is 0.379 e. The van der Waals surface area contributed by atoms with E-state index in [-0.39, 0.29) is 5.56 Å². The maximum absolute atomic E-state index is 12.4. The Labute approximate surface area is 125 Å². The molecule has 0 bridgehead atoms. The van der Waals surface area contributed by atoms with Gasteiger partial charge in [0.25, 0.3) is 5.56 Å². The molecule has 1 aliphatic carbocycles. The van der Waals surface area contributed by atoms with E-state index in [1.54, 1.807) is 10.9 Å². The zero-order valence-corrected chi connectivity index (χ0v) is 13.1. The summed E-state index contributed by atoms with van der Waals surface area (Å²) in [5.41, 5.74) is 0.420. The molecule has 1 heterocycles. The highest BCUT2D eigenvalue weighted by molar-refractivity contribution is 6.32. The average molecular weight is 298 g/mol. The topological polar surface area (TPSA) is 46.9 Å². The van der Waals surface area contributed by atoms with Gasteiger partial charge in [-0.05, 0) is 24.7 Å². The molecule has 1 N–H and O–H groups in total. The summed E-state index contributed by atoms with van der Waals surface area (Å²) in [6.07, 6.45) is 7.45. The number of hydrogen-bond acceptors (Lipinski definition) is 3. The number of nitrogens with zero attached hydrogens (tertiary/aromatic N) is 2. The lowest BCUT2D eigenvalue weighted by atomic mass is 9.85. The maximum Gasteiger partial charge on any atom is 0.291 e. The molecule has 0 atom stereocenters. The van der Waals surface area contributed by atoms with Crippen LogP contribution in [0.3, 0.4) is 0 Å². The fourth-order valence-electron chi connectivity index (χ4n) is 2.50. The van der Waals surface area contributed by atoms with Gasteiger partial charge in [-0.1, -0.05) is 44.7 Å². The number of hydrogen-bond donors (Lipinski definition) is 1. The van der Waals surface area contributed by atoms with E-state index in [0.717, 1.165) is 25.9 Å². The first-order valence-electron chi connectivity index (χ1n) is 7.65. The molecular weight excluding hydrogens is 274 g/mol. The molecule has 2 rings (SSSR count). The van der Waals surface area contributed by atoms with Crippen LogP contribution in [0.1, 0.15) is 46.0 Å². The minimum Gasteiger partial charge on any atom is -0.379 e. The highest BCUT2D eigenvalue weighted by Crippen LogP contribution is 2.27. The van der Waals surface area contributed by atoms with Crippen molar-refractivity contribution in [2.24, 2.45) is 11.8 Å². The van der Waals surface area contributed by atoms with Crippen LogP contribution in [0, 0.1) is 11.8 Å². The first kappa shape index (κ1) is 15.4. The summed E-state index contributed by atoms with van der Waals surface area (Å²) < 4.78 is 1.56. The Morgan fingerprint density at radius 3 is 2.70 bits per heavy atom. The van der Waals surface area contributed by atoms with Gasteiger partial charge >= 0.3 is 0 Å². The van der Waals surface area contributed by atoms with Crippen LogP contribution in [-0.4, -0.2) is 16.3 Å². The SMILES string of the molecule is CCC(CC)CNc1c(Cl)cnn(CC2CCC2)c1=O. The van der Waals surface area contributed by atoms with Crippen LogP contribution in [-0.2, 0) is 6.54 Å². The van der Waals surface area contributed by atoms with E-state index in [2.05, 4.69) is 24.3 Å². The van der Waals surface area contributed by atoms with Crippen LogP contribution >= 0.6 is 11.6 Å². The molecule has 5 heteroatoms. The lowest BCUT2D eigenvalue weighted by Gasteiger charge is -2.25. The van der Waals surface area contributed by atoms with Gasteiger partial charge in [0, 0.05) is 13.1 Å². The molecule has 1 saturated carbocycles. The van der Waals surface area contributed by atoms with E-state index in [1.165, 1.54) is 19.3 Å². The molecule has 0 aliphatic heterocycles. The van der Waals surface area contributed by atoms with Gasteiger partial charge in [0.05, 0.1) is 11.2 Å². The first-order valence-corrected chi connectivity index (χ1v) is 8.03. The quantitative estimate of drug-likeness (QED) is 0.837. The zero-order valence-electron chi connectivity index (χ0n) is 12.4. The second-order valence-corrected chi connectivity index (χ2v) is 6.12. The number of halogens is 1. The molecule has 1 aliphatic rings. The summed E-state index contributed by atoms with van der Waals surface area (Å²) in [5, 5.41) is 7.81. The molecule has 0 unspecified atom stereocenters. The molecule has 112 valence electrons. The lowest BCUT2D eigenvalue weighted by Crippen LogP contribution is -2.31. The molecule has 0 radical (unpaired) electrons. The molecule has 0 saturated heterocycles. The van der Waals surface area contributed by atoms with Crippen molar-refractivity contribution in [2.45, 2.75) is 52.5 Å². The van der Waals surface area contributed by atoms with Crippen LogP contribution in [0.25, 0.3) is 0 Å². The van der Waals surface area contributed by atoms with Gasteiger partial charge in [-0.3, -0.25) is 4.79 Å². The number of rotatable bonds is 7. The Bertz CT molecular complexity index is 492. The van der Waals surface area contributed by atoms with Crippen LogP contribution in [0.4, 0.5) is 5.69 Å². The summed E-state index contributed by atoms with van der Waals surface area (Å²) in [6, 6.07) is 0. The second-order valence-electron chi connectivity index (χ2n) is 5.72. The number of nitrogens with one attached hydrogen (secondary N) is 1. The second kappa shape index (κ2) is 7.11. The van der Waals surface area contributed by atoms with Crippen molar-refractivity contribution in [1.29, 1.82) is 0 Å². The van der Waals surface area contributed by atoms with Crippen molar-refractivity contribution in [2.75, 3.05) is 11.9 Å². The smallest absolute Gasteiger partial charge is 0.291 e. The highest BCUT2D eigenvalue weighted by atomic mass is 35.5. The van der Waals surface area contributed by atoms with Crippen LogP contribution in [0.5, 0.6) is 0 Å². The number of aromatic nitrogens is 2. The third-order valence-electron chi connectivity index (χ3n) is 4.38. The molecular formula is C15H24ClN3O. The Hall–Kier alpha value is -1.03. The van der Waals surface area contributed by atoms with E-state index in [1.807, 2.05) is 0 Å². The molecule has 1 aromatic heterocycles. The van der Waals surface area contributed by atoms with Crippen molar-refractivity contribution in [1.82, 2.24) is 9.78 Å². The van der Waals surface area contributed by atoms with Crippen molar-refractivity contribution < 1.29 is 0 Å². The van der Waals surface area contributed by atoms with Crippen molar-refractivity contribution in [3.8, 4) is 0 Å². The fraction of sp³-hybridized carbons (Fsp3) is 0.733. The van der Waals surface area contributed by atoms with Gasteiger partial charge in [-0.15, -0.1) is 0 Å². The maximum atomic E-state index is 12.4. The summed E-state index contributed by atoms with van der Waals surface area (Å²) in [4.78, 5) is 12.4. The summed E-state index contributed by atoms with van der Waals surface area (Å²) >= 11 is 6.12. The molecule has 0 aromatic carbocycles. The highest BCUT2D eigenvalue weighted by Gasteiger charge is 2.20. The Kier molecular flexibility index (Phi) is 5.46. The van der Waals surface area contributed by atoms with Gasteiger partial charge in [0.1, 0.15) is 5.69 Å². The normalized spacial score (nSPS) is 15.4. The zero-order chi connectivity index (χ0) is 14.5. The minimum atomic E-state index is -0.0876. The monoisotopic (exact) mass is 297 g/mol. The van der Waals surface area contributed by atoms with Crippen LogP contribution in [0.2, 0.25) is 5.02 Å². The van der Waals surface area contributed by atoms with E-state index < -0.39 is 0 Å².